The summed E-state index contributed by atoms with van der Waals surface area (Å²) in [7, 11) is 0. The maximum absolute atomic E-state index is 12.3. The second-order valence-electron chi connectivity index (χ2n) is 6.46. The Morgan fingerprint density at radius 2 is 1.86 bits per heavy atom. The highest BCUT2D eigenvalue weighted by Gasteiger charge is 2.30. The zero-order valence-electron chi connectivity index (χ0n) is 16.3. The predicted octanol–water partition coefficient (Wildman–Crippen LogP) is 5.72. The molecular formula is C22H22ClNO3S2. The first-order chi connectivity index (χ1) is 14.0. The van der Waals surface area contributed by atoms with E-state index in [0.717, 1.165) is 34.1 Å². The van der Waals surface area contributed by atoms with E-state index >= 15 is 0 Å². The van der Waals surface area contributed by atoms with Crippen molar-refractivity contribution in [2.24, 2.45) is 0 Å². The molecule has 1 aliphatic rings. The minimum atomic E-state index is -0.0385. The normalized spacial score (nSPS) is 15.3. The van der Waals surface area contributed by atoms with Gasteiger partial charge in [0.15, 0.2) is 0 Å². The average molecular weight is 448 g/mol. The SMILES string of the molecule is CCN1C(=O)/C(=C\c2cccc(OCCCOc3ccc(Cl)c(C)c3)c2)SC1=S. The van der Waals surface area contributed by atoms with Crippen molar-refractivity contribution in [3.05, 3.63) is 63.5 Å². The van der Waals surface area contributed by atoms with E-state index in [4.69, 9.17) is 33.3 Å². The molecule has 1 fully saturated rings. The van der Waals surface area contributed by atoms with Crippen molar-refractivity contribution in [3.63, 3.8) is 0 Å². The molecule has 0 bridgehead atoms. The molecule has 0 atom stereocenters. The Morgan fingerprint density at radius 3 is 2.52 bits per heavy atom. The topological polar surface area (TPSA) is 38.8 Å². The lowest BCUT2D eigenvalue weighted by atomic mass is 10.2. The standard InChI is InChI=1S/C22H22ClNO3S2/c1-3-24-21(25)20(29-22(24)28)14-16-6-4-7-17(13-16)26-10-5-11-27-18-8-9-19(23)15(2)12-18/h4,6-9,12-14H,3,5,10-11H2,1-2H3/b20-14+. The van der Waals surface area contributed by atoms with Gasteiger partial charge in [-0.1, -0.05) is 47.7 Å². The zero-order chi connectivity index (χ0) is 20.8. The number of amides is 1. The van der Waals surface area contributed by atoms with Crippen LogP contribution in [0.25, 0.3) is 6.08 Å². The molecule has 0 unspecified atom stereocenters. The van der Waals surface area contributed by atoms with E-state index in [1.807, 2.05) is 62.4 Å². The fourth-order valence-corrected chi connectivity index (χ4v) is 4.27. The van der Waals surface area contributed by atoms with E-state index in [-0.39, 0.29) is 5.91 Å². The second kappa shape index (κ2) is 10.1. The zero-order valence-corrected chi connectivity index (χ0v) is 18.7. The van der Waals surface area contributed by atoms with Crippen LogP contribution in [0.4, 0.5) is 0 Å². The number of hydrogen-bond donors (Lipinski definition) is 0. The molecule has 1 saturated heterocycles. The number of likely N-dealkylation sites (N-methyl/N-ethyl adjacent to an activating group) is 1. The molecule has 0 radical (unpaired) electrons. The number of ether oxygens (including phenoxy) is 2. The van der Waals surface area contributed by atoms with Crippen molar-refractivity contribution in [2.45, 2.75) is 20.3 Å². The van der Waals surface area contributed by atoms with Gasteiger partial charge in [0.1, 0.15) is 15.8 Å². The van der Waals surface area contributed by atoms with Crippen LogP contribution in [0.3, 0.4) is 0 Å². The van der Waals surface area contributed by atoms with Crippen LogP contribution in [-0.2, 0) is 4.79 Å². The molecule has 3 rings (SSSR count). The molecule has 0 saturated carbocycles. The molecule has 1 amide bonds. The van der Waals surface area contributed by atoms with Crippen LogP contribution >= 0.6 is 35.6 Å². The number of benzene rings is 2. The maximum atomic E-state index is 12.3. The van der Waals surface area contributed by atoms with Crippen molar-refractivity contribution < 1.29 is 14.3 Å². The average Bonchev–Trinajstić information content (AvgIpc) is 2.97. The van der Waals surface area contributed by atoms with Crippen molar-refractivity contribution in [2.75, 3.05) is 19.8 Å². The molecule has 0 N–H and O–H groups in total. The molecule has 152 valence electrons. The fraction of sp³-hybridized carbons (Fsp3) is 0.273. The number of aryl methyl sites for hydroxylation is 1. The molecule has 1 heterocycles. The first-order valence-electron chi connectivity index (χ1n) is 9.35. The van der Waals surface area contributed by atoms with Crippen LogP contribution in [-0.4, -0.2) is 34.9 Å². The molecule has 0 spiro atoms. The molecule has 2 aromatic carbocycles. The Morgan fingerprint density at radius 1 is 1.14 bits per heavy atom. The first kappa shape index (κ1) is 21.7. The van der Waals surface area contributed by atoms with E-state index in [2.05, 4.69) is 0 Å². The van der Waals surface area contributed by atoms with Crippen LogP contribution in [0.15, 0.2) is 47.4 Å². The van der Waals surface area contributed by atoms with Gasteiger partial charge in [-0.05, 0) is 61.4 Å². The fourth-order valence-electron chi connectivity index (χ4n) is 2.76. The highest BCUT2D eigenvalue weighted by atomic mass is 35.5. The van der Waals surface area contributed by atoms with Crippen molar-refractivity contribution >= 4 is 51.9 Å². The third kappa shape index (κ3) is 5.75. The lowest BCUT2D eigenvalue weighted by Crippen LogP contribution is -2.27. The van der Waals surface area contributed by atoms with Gasteiger partial charge in [0.25, 0.3) is 5.91 Å². The molecule has 1 aliphatic heterocycles. The van der Waals surface area contributed by atoms with Gasteiger partial charge in [0.2, 0.25) is 0 Å². The summed E-state index contributed by atoms with van der Waals surface area (Å²) in [5.41, 5.74) is 1.90. The molecule has 4 nitrogen and oxygen atoms in total. The number of carbonyl (C=O) groups excluding carboxylic acids is 1. The first-order valence-corrected chi connectivity index (χ1v) is 11.0. The van der Waals surface area contributed by atoms with Gasteiger partial charge in [-0.3, -0.25) is 9.69 Å². The molecular weight excluding hydrogens is 426 g/mol. The van der Waals surface area contributed by atoms with Crippen LogP contribution < -0.4 is 9.47 Å². The Hall–Kier alpha value is -2.02. The number of halogens is 1. The number of hydrogen-bond acceptors (Lipinski definition) is 5. The number of thiocarbonyl (C=S) groups is 1. The highest BCUT2D eigenvalue weighted by molar-refractivity contribution is 8.26. The van der Waals surface area contributed by atoms with Gasteiger partial charge in [-0.15, -0.1) is 0 Å². The summed E-state index contributed by atoms with van der Waals surface area (Å²) in [6, 6.07) is 13.3. The van der Waals surface area contributed by atoms with E-state index in [1.165, 1.54) is 11.8 Å². The third-order valence-corrected chi connectivity index (χ3v) is 6.10. The lowest BCUT2D eigenvalue weighted by Gasteiger charge is -2.10. The number of thioether (sulfide) groups is 1. The minimum absolute atomic E-state index is 0.0385. The molecule has 0 aliphatic carbocycles. The molecule has 2 aromatic rings. The predicted molar refractivity (Wildman–Crippen MR) is 124 cm³/mol. The number of nitrogens with zero attached hydrogens (tertiary/aromatic N) is 1. The smallest absolute Gasteiger partial charge is 0.266 e. The van der Waals surface area contributed by atoms with Crippen LogP contribution in [0.2, 0.25) is 5.02 Å². The summed E-state index contributed by atoms with van der Waals surface area (Å²) in [6.45, 7) is 5.54. The van der Waals surface area contributed by atoms with Gasteiger partial charge in [-0.2, -0.15) is 0 Å². The van der Waals surface area contributed by atoms with Crippen LogP contribution in [0.5, 0.6) is 11.5 Å². The Balaban J connectivity index is 1.50. The van der Waals surface area contributed by atoms with Gasteiger partial charge >= 0.3 is 0 Å². The van der Waals surface area contributed by atoms with E-state index in [0.29, 0.717) is 29.0 Å². The third-order valence-electron chi connectivity index (χ3n) is 4.30. The Bertz CT molecular complexity index is 945. The number of carbonyl (C=O) groups is 1. The molecule has 0 aromatic heterocycles. The summed E-state index contributed by atoms with van der Waals surface area (Å²) < 4.78 is 12.2. The minimum Gasteiger partial charge on any atom is -0.493 e. The summed E-state index contributed by atoms with van der Waals surface area (Å²) in [5.74, 6) is 1.52. The summed E-state index contributed by atoms with van der Waals surface area (Å²) in [6.07, 6.45) is 2.61. The quantitative estimate of drug-likeness (QED) is 0.294. The molecule has 7 heteroatoms. The van der Waals surface area contributed by atoms with Gasteiger partial charge in [0.05, 0.1) is 18.1 Å². The maximum Gasteiger partial charge on any atom is 0.266 e. The van der Waals surface area contributed by atoms with Crippen molar-refractivity contribution in [3.8, 4) is 11.5 Å². The Kier molecular flexibility index (Phi) is 7.58. The van der Waals surface area contributed by atoms with E-state index in [1.54, 1.807) is 4.90 Å². The largest absolute Gasteiger partial charge is 0.493 e. The summed E-state index contributed by atoms with van der Waals surface area (Å²) in [5, 5.41) is 0.734. The lowest BCUT2D eigenvalue weighted by molar-refractivity contribution is -0.121. The van der Waals surface area contributed by atoms with Crippen LogP contribution in [0.1, 0.15) is 24.5 Å². The Labute approximate surface area is 185 Å². The van der Waals surface area contributed by atoms with Gasteiger partial charge < -0.3 is 9.47 Å². The molecule has 29 heavy (non-hydrogen) atoms. The van der Waals surface area contributed by atoms with E-state index in [9.17, 15) is 4.79 Å². The monoisotopic (exact) mass is 447 g/mol. The highest BCUT2D eigenvalue weighted by Crippen LogP contribution is 2.32. The van der Waals surface area contributed by atoms with E-state index < -0.39 is 0 Å². The number of rotatable bonds is 8. The second-order valence-corrected chi connectivity index (χ2v) is 8.54. The van der Waals surface area contributed by atoms with Gasteiger partial charge in [-0.25, -0.2) is 0 Å². The van der Waals surface area contributed by atoms with Crippen molar-refractivity contribution in [1.29, 1.82) is 0 Å². The summed E-state index contributed by atoms with van der Waals surface area (Å²) >= 11 is 12.6. The van der Waals surface area contributed by atoms with Crippen molar-refractivity contribution in [1.82, 2.24) is 4.90 Å². The van der Waals surface area contributed by atoms with Gasteiger partial charge in [0, 0.05) is 18.0 Å². The summed E-state index contributed by atoms with van der Waals surface area (Å²) in [4.78, 5) is 14.6. The van der Waals surface area contributed by atoms with Crippen LogP contribution in [0, 0.1) is 6.92 Å².